The van der Waals surface area contributed by atoms with Crippen LogP contribution in [0.3, 0.4) is 0 Å². The van der Waals surface area contributed by atoms with Gasteiger partial charge in [0.25, 0.3) is 5.91 Å². The summed E-state index contributed by atoms with van der Waals surface area (Å²) in [5.74, 6) is 4.71. The van der Waals surface area contributed by atoms with Crippen LogP contribution in [0.5, 0.6) is 5.75 Å². The van der Waals surface area contributed by atoms with E-state index in [9.17, 15) is 9.59 Å². The van der Waals surface area contributed by atoms with Gasteiger partial charge in [-0.05, 0) is 18.2 Å². The second-order valence-electron chi connectivity index (χ2n) is 3.79. The van der Waals surface area contributed by atoms with Crippen LogP contribution in [-0.2, 0) is 14.4 Å². The molecule has 1 aromatic carbocycles. The maximum Gasteiger partial charge on any atom is 0.328 e. The number of halogens is 1. The van der Waals surface area contributed by atoms with Gasteiger partial charge in [-0.25, -0.2) is 5.84 Å². The van der Waals surface area contributed by atoms with E-state index in [1.807, 2.05) is 11.7 Å². The van der Waals surface area contributed by atoms with E-state index in [2.05, 4.69) is 20.8 Å². The summed E-state index contributed by atoms with van der Waals surface area (Å²) < 4.78 is 6.13. The third kappa shape index (κ3) is 3.22. The van der Waals surface area contributed by atoms with E-state index < -0.39 is 5.97 Å². The van der Waals surface area contributed by atoms with Crippen molar-refractivity contribution in [2.24, 2.45) is 5.84 Å². The monoisotopic (exact) mass is 329 g/mol. The molecule has 7 nitrogen and oxygen atoms in total. The number of fused-ring (bicyclic) bond motifs is 1. The fourth-order valence-electron chi connectivity index (χ4n) is 1.74. The zero-order chi connectivity index (χ0) is 13.8. The minimum Gasteiger partial charge on any atom is -0.482 e. The van der Waals surface area contributed by atoms with Gasteiger partial charge in [-0.3, -0.25) is 9.59 Å². The maximum absolute atomic E-state index is 11.8. The fourth-order valence-corrected chi connectivity index (χ4v) is 2.09. The molecule has 0 saturated carbocycles. The molecule has 0 radical (unpaired) electrons. The van der Waals surface area contributed by atoms with Crippen molar-refractivity contribution >= 4 is 33.5 Å². The number of ether oxygens (including phenoxy) is 1. The second kappa shape index (κ2) is 6.00. The van der Waals surface area contributed by atoms with Gasteiger partial charge in [-0.2, -0.15) is 0 Å². The molecule has 1 aromatic rings. The van der Waals surface area contributed by atoms with Gasteiger partial charge in [0, 0.05) is 11.0 Å². The Balaban J connectivity index is 2.14. The van der Waals surface area contributed by atoms with E-state index in [4.69, 9.17) is 10.6 Å². The molecule has 3 N–H and O–H groups in total. The van der Waals surface area contributed by atoms with Gasteiger partial charge in [0.1, 0.15) is 5.75 Å². The third-order valence-corrected chi connectivity index (χ3v) is 3.07. The molecule has 0 aromatic heterocycles. The molecule has 1 aliphatic rings. The Morgan fingerprint density at radius 1 is 1.58 bits per heavy atom. The summed E-state index contributed by atoms with van der Waals surface area (Å²) in [6.07, 6.45) is 0.0297. The first-order valence-electron chi connectivity index (χ1n) is 5.50. The summed E-state index contributed by atoms with van der Waals surface area (Å²) in [7, 11) is 0. The number of nitrogens with zero attached hydrogens (tertiary/aromatic N) is 1. The van der Waals surface area contributed by atoms with Crippen LogP contribution >= 0.6 is 15.9 Å². The maximum atomic E-state index is 11.8. The Hall–Kier alpha value is -1.64. The van der Waals surface area contributed by atoms with Crippen LogP contribution in [0.1, 0.15) is 6.42 Å². The summed E-state index contributed by atoms with van der Waals surface area (Å²) >= 11 is 3.33. The SMILES string of the molecule is NNOC(=O)CCN1C(=O)COc2ccc(Br)cc21. The van der Waals surface area contributed by atoms with Crippen molar-refractivity contribution in [3.05, 3.63) is 22.7 Å². The van der Waals surface area contributed by atoms with Gasteiger partial charge >= 0.3 is 5.97 Å². The lowest BCUT2D eigenvalue weighted by Crippen LogP contribution is -2.40. The molecule has 1 heterocycles. The molecule has 0 bridgehead atoms. The Labute approximate surface area is 117 Å². The number of nitrogens with two attached hydrogens (primary N) is 1. The number of nitrogens with one attached hydrogen (secondary N) is 1. The van der Waals surface area contributed by atoms with Gasteiger partial charge in [0.2, 0.25) is 0 Å². The number of hydrogen-bond donors (Lipinski definition) is 2. The number of anilines is 1. The van der Waals surface area contributed by atoms with Gasteiger partial charge < -0.3 is 14.5 Å². The summed E-state index contributed by atoms with van der Waals surface area (Å²) in [6, 6.07) is 5.34. The van der Waals surface area contributed by atoms with Gasteiger partial charge in [0.15, 0.2) is 6.61 Å². The van der Waals surface area contributed by atoms with Crippen LogP contribution in [0.15, 0.2) is 22.7 Å². The molecular weight excluding hydrogens is 318 g/mol. The van der Waals surface area contributed by atoms with Crippen molar-refractivity contribution in [2.45, 2.75) is 6.42 Å². The van der Waals surface area contributed by atoms with Gasteiger partial charge in [-0.15, -0.1) is 0 Å². The normalized spacial score (nSPS) is 13.8. The van der Waals surface area contributed by atoms with E-state index in [-0.39, 0.29) is 25.5 Å². The predicted octanol–water partition coefficient (Wildman–Crippen LogP) is 0.486. The summed E-state index contributed by atoms with van der Waals surface area (Å²) in [4.78, 5) is 28.9. The Kier molecular flexibility index (Phi) is 4.35. The lowest BCUT2D eigenvalue weighted by molar-refractivity contribution is -0.151. The van der Waals surface area contributed by atoms with E-state index in [1.165, 1.54) is 4.90 Å². The van der Waals surface area contributed by atoms with E-state index in [0.29, 0.717) is 11.4 Å². The zero-order valence-corrected chi connectivity index (χ0v) is 11.5. The first kappa shape index (κ1) is 13.8. The standard InChI is InChI=1S/C11H12BrN3O4/c12-7-1-2-9-8(5-7)15(10(16)6-18-9)4-3-11(17)19-14-13/h1-2,5,14H,3-4,6,13H2. The molecule has 0 unspecified atom stereocenters. The molecule has 0 atom stereocenters. The molecule has 102 valence electrons. The molecular formula is C11H12BrN3O4. The highest BCUT2D eigenvalue weighted by Crippen LogP contribution is 2.34. The molecule has 19 heavy (non-hydrogen) atoms. The van der Waals surface area contributed by atoms with E-state index >= 15 is 0 Å². The number of amides is 1. The number of hydrazine groups is 1. The highest BCUT2D eigenvalue weighted by molar-refractivity contribution is 9.10. The topological polar surface area (TPSA) is 93.9 Å². The van der Waals surface area contributed by atoms with Crippen LogP contribution in [0.25, 0.3) is 0 Å². The first-order chi connectivity index (χ1) is 9.11. The van der Waals surface area contributed by atoms with Crippen molar-refractivity contribution in [3.63, 3.8) is 0 Å². The molecule has 1 amide bonds. The van der Waals surface area contributed by atoms with Crippen LogP contribution in [0.4, 0.5) is 5.69 Å². The number of hydrogen-bond acceptors (Lipinski definition) is 6. The van der Waals surface area contributed by atoms with Crippen molar-refractivity contribution in [3.8, 4) is 5.75 Å². The van der Waals surface area contributed by atoms with Crippen molar-refractivity contribution in [1.82, 2.24) is 5.59 Å². The number of rotatable bonds is 4. The number of carbonyl (C=O) groups excluding carboxylic acids is 2. The lowest BCUT2D eigenvalue weighted by Gasteiger charge is -2.29. The smallest absolute Gasteiger partial charge is 0.328 e. The highest BCUT2D eigenvalue weighted by Gasteiger charge is 2.26. The Morgan fingerprint density at radius 3 is 3.11 bits per heavy atom. The summed E-state index contributed by atoms with van der Waals surface area (Å²) in [5, 5.41) is 0. The predicted molar refractivity (Wildman–Crippen MR) is 70.0 cm³/mol. The minimum absolute atomic E-state index is 0.0297. The van der Waals surface area contributed by atoms with Gasteiger partial charge in [0.05, 0.1) is 12.1 Å². The van der Waals surface area contributed by atoms with Crippen molar-refractivity contribution in [2.75, 3.05) is 18.1 Å². The number of carbonyl (C=O) groups is 2. The lowest BCUT2D eigenvalue weighted by atomic mass is 10.2. The second-order valence-corrected chi connectivity index (χ2v) is 4.70. The first-order valence-corrected chi connectivity index (χ1v) is 6.29. The van der Waals surface area contributed by atoms with Crippen LogP contribution in [0, 0.1) is 0 Å². The Morgan fingerprint density at radius 2 is 2.37 bits per heavy atom. The van der Waals surface area contributed by atoms with Crippen LogP contribution in [-0.4, -0.2) is 25.0 Å². The average molecular weight is 330 g/mol. The molecule has 0 saturated heterocycles. The fraction of sp³-hybridized carbons (Fsp3) is 0.273. The third-order valence-electron chi connectivity index (χ3n) is 2.58. The van der Waals surface area contributed by atoms with E-state index in [1.54, 1.807) is 12.1 Å². The van der Waals surface area contributed by atoms with Crippen LogP contribution < -0.4 is 21.1 Å². The van der Waals surface area contributed by atoms with E-state index in [0.717, 1.165) is 4.47 Å². The van der Waals surface area contributed by atoms with Crippen molar-refractivity contribution in [1.29, 1.82) is 0 Å². The zero-order valence-electron chi connectivity index (χ0n) is 9.89. The average Bonchev–Trinajstić information content (AvgIpc) is 2.38. The minimum atomic E-state index is -0.543. The van der Waals surface area contributed by atoms with Crippen molar-refractivity contribution < 1.29 is 19.2 Å². The molecule has 0 spiro atoms. The number of benzene rings is 1. The highest BCUT2D eigenvalue weighted by atomic mass is 79.9. The largest absolute Gasteiger partial charge is 0.482 e. The molecule has 2 rings (SSSR count). The summed E-state index contributed by atoms with van der Waals surface area (Å²) in [5.41, 5.74) is 2.43. The molecule has 0 aliphatic carbocycles. The summed E-state index contributed by atoms with van der Waals surface area (Å²) in [6.45, 7) is 0.158. The Bertz CT molecular complexity index is 509. The quantitative estimate of drug-likeness (QED) is 0.616. The molecule has 8 heteroatoms. The van der Waals surface area contributed by atoms with Crippen LogP contribution in [0.2, 0.25) is 0 Å². The molecule has 1 aliphatic heterocycles. The molecule has 0 fully saturated rings. The van der Waals surface area contributed by atoms with Gasteiger partial charge in [-0.1, -0.05) is 21.5 Å².